The first-order chi connectivity index (χ1) is 14.4. The van der Waals surface area contributed by atoms with E-state index in [1.807, 2.05) is 11.8 Å². The number of ether oxygens (including phenoxy) is 2. The van der Waals surface area contributed by atoms with Crippen molar-refractivity contribution >= 4 is 11.6 Å². The van der Waals surface area contributed by atoms with Crippen molar-refractivity contribution in [3.8, 4) is 0 Å². The van der Waals surface area contributed by atoms with E-state index in [9.17, 15) is 13.2 Å². The van der Waals surface area contributed by atoms with Crippen molar-refractivity contribution in [2.45, 2.75) is 31.5 Å². The molecule has 0 aromatic heterocycles. The van der Waals surface area contributed by atoms with Crippen LogP contribution in [0.2, 0.25) is 0 Å². The van der Waals surface area contributed by atoms with Crippen molar-refractivity contribution in [1.82, 2.24) is 10.2 Å². The standard InChI is InChI=1S/C21H31F3N4O2/c1-3-25-19(26-16-20(29-2)7-13-30-14-8-20)28-11-9-27(10-12-28)18-6-4-5-17(15-18)21(22,23)24/h4-6,15H,3,7-14,16H2,1-2H3,(H,25,26). The molecule has 2 fully saturated rings. The second kappa shape index (κ2) is 9.87. The summed E-state index contributed by atoms with van der Waals surface area (Å²) in [6.07, 6.45) is -2.70. The Bertz CT molecular complexity index is 712. The van der Waals surface area contributed by atoms with Gasteiger partial charge in [0.25, 0.3) is 0 Å². The van der Waals surface area contributed by atoms with Crippen LogP contribution in [0.1, 0.15) is 25.3 Å². The van der Waals surface area contributed by atoms with Gasteiger partial charge in [-0.25, -0.2) is 0 Å². The van der Waals surface area contributed by atoms with Gasteiger partial charge in [0, 0.05) is 71.6 Å². The highest BCUT2D eigenvalue weighted by atomic mass is 19.4. The highest BCUT2D eigenvalue weighted by molar-refractivity contribution is 5.80. The quantitative estimate of drug-likeness (QED) is 0.577. The lowest BCUT2D eigenvalue weighted by atomic mass is 9.94. The number of hydrogen-bond donors (Lipinski definition) is 1. The van der Waals surface area contributed by atoms with E-state index in [1.165, 1.54) is 12.1 Å². The van der Waals surface area contributed by atoms with Crippen LogP contribution in [0, 0.1) is 0 Å². The molecule has 0 unspecified atom stereocenters. The van der Waals surface area contributed by atoms with Gasteiger partial charge in [0.15, 0.2) is 5.96 Å². The SMILES string of the molecule is CCNC(=NCC1(OC)CCOCC1)N1CCN(c2cccc(C(F)(F)F)c2)CC1. The van der Waals surface area contributed by atoms with Crippen LogP contribution in [0.25, 0.3) is 0 Å². The summed E-state index contributed by atoms with van der Waals surface area (Å²) in [4.78, 5) is 8.99. The van der Waals surface area contributed by atoms with E-state index in [0.29, 0.717) is 51.6 Å². The Morgan fingerprint density at radius 3 is 2.50 bits per heavy atom. The van der Waals surface area contributed by atoms with Gasteiger partial charge in [-0.05, 0) is 25.1 Å². The lowest BCUT2D eigenvalue weighted by Gasteiger charge is -2.39. The molecule has 6 nitrogen and oxygen atoms in total. The number of hydrogen-bond acceptors (Lipinski definition) is 4. The molecule has 2 saturated heterocycles. The first-order valence-electron chi connectivity index (χ1n) is 10.5. The van der Waals surface area contributed by atoms with Gasteiger partial charge >= 0.3 is 6.18 Å². The summed E-state index contributed by atoms with van der Waals surface area (Å²) in [7, 11) is 1.72. The van der Waals surface area contributed by atoms with Gasteiger partial charge in [-0.1, -0.05) is 6.07 Å². The second-order valence-corrected chi connectivity index (χ2v) is 7.69. The van der Waals surface area contributed by atoms with Crippen LogP contribution >= 0.6 is 0 Å². The molecule has 0 bridgehead atoms. The third kappa shape index (κ3) is 5.57. The normalized spacial score (nSPS) is 20.4. The van der Waals surface area contributed by atoms with Crippen molar-refractivity contribution < 1.29 is 22.6 Å². The number of piperazine rings is 1. The first kappa shape index (κ1) is 22.7. The van der Waals surface area contributed by atoms with Gasteiger partial charge in [-0.3, -0.25) is 4.99 Å². The smallest absolute Gasteiger partial charge is 0.381 e. The van der Waals surface area contributed by atoms with Gasteiger partial charge in [0.05, 0.1) is 17.7 Å². The fraction of sp³-hybridized carbons (Fsp3) is 0.667. The minimum Gasteiger partial charge on any atom is -0.381 e. The van der Waals surface area contributed by atoms with Gasteiger partial charge in [-0.2, -0.15) is 13.2 Å². The Labute approximate surface area is 176 Å². The molecule has 2 heterocycles. The molecule has 0 amide bonds. The van der Waals surface area contributed by atoms with E-state index < -0.39 is 11.7 Å². The second-order valence-electron chi connectivity index (χ2n) is 7.69. The molecule has 1 aromatic carbocycles. The number of guanidine groups is 1. The maximum Gasteiger partial charge on any atom is 0.416 e. The van der Waals surface area contributed by atoms with E-state index in [1.54, 1.807) is 13.2 Å². The topological polar surface area (TPSA) is 49.3 Å². The number of alkyl halides is 3. The predicted octanol–water partition coefficient (Wildman–Crippen LogP) is 2.99. The molecule has 0 saturated carbocycles. The molecule has 0 aliphatic carbocycles. The maximum atomic E-state index is 13.0. The molecule has 0 atom stereocenters. The van der Waals surface area contributed by atoms with Gasteiger partial charge in [0.2, 0.25) is 0 Å². The lowest BCUT2D eigenvalue weighted by Crippen LogP contribution is -2.53. The number of methoxy groups -OCH3 is 1. The molecule has 1 aromatic rings. The van der Waals surface area contributed by atoms with Gasteiger partial charge < -0.3 is 24.6 Å². The van der Waals surface area contributed by atoms with Crippen molar-refractivity contribution in [2.75, 3.05) is 64.5 Å². The zero-order chi connectivity index (χ0) is 21.6. The first-order valence-corrected chi connectivity index (χ1v) is 10.5. The van der Waals surface area contributed by atoms with E-state index >= 15 is 0 Å². The van der Waals surface area contributed by atoms with E-state index in [-0.39, 0.29) is 5.60 Å². The molecule has 168 valence electrons. The average Bonchev–Trinajstić information content (AvgIpc) is 2.77. The summed E-state index contributed by atoms with van der Waals surface area (Å²) >= 11 is 0. The summed E-state index contributed by atoms with van der Waals surface area (Å²) < 4.78 is 50.3. The summed E-state index contributed by atoms with van der Waals surface area (Å²) in [5, 5.41) is 3.34. The Morgan fingerprint density at radius 2 is 1.90 bits per heavy atom. The van der Waals surface area contributed by atoms with Crippen LogP contribution in [-0.2, 0) is 15.7 Å². The van der Waals surface area contributed by atoms with E-state index in [2.05, 4.69) is 10.2 Å². The summed E-state index contributed by atoms with van der Waals surface area (Å²) in [5.41, 5.74) is -0.302. The molecule has 3 rings (SSSR count). The van der Waals surface area contributed by atoms with Crippen molar-refractivity contribution in [1.29, 1.82) is 0 Å². The third-order valence-electron chi connectivity index (χ3n) is 5.81. The van der Waals surface area contributed by atoms with Crippen LogP contribution in [-0.4, -0.2) is 76.1 Å². The van der Waals surface area contributed by atoms with E-state index in [4.69, 9.17) is 14.5 Å². The number of nitrogens with one attached hydrogen (secondary N) is 1. The molecule has 1 N–H and O–H groups in total. The molecular weight excluding hydrogens is 397 g/mol. The number of benzene rings is 1. The highest BCUT2D eigenvalue weighted by Gasteiger charge is 2.33. The third-order valence-corrected chi connectivity index (χ3v) is 5.81. The number of aliphatic imine (C=N–C) groups is 1. The predicted molar refractivity (Wildman–Crippen MR) is 111 cm³/mol. The minimum absolute atomic E-state index is 0.293. The zero-order valence-electron chi connectivity index (χ0n) is 17.7. The van der Waals surface area contributed by atoms with Crippen LogP contribution in [0.4, 0.5) is 18.9 Å². The Kier molecular flexibility index (Phi) is 7.46. The summed E-state index contributed by atoms with van der Waals surface area (Å²) in [6, 6.07) is 5.53. The monoisotopic (exact) mass is 428 g/mol. The molecular formula is C21H31F3N4O2. The number of halogens is 3. The van der Waals surface area contributed by atoms with Crippen LogP contribution < -0.4 is 10.2 Å². The minimum atomic E-state index is -4.33. The zero-order valence-corrected chi connectivity index (χ0v) is 17.7. The largest absolute Gasteiger partial charge is 0.416 e. The van der Waals surface area contributed by atoms with E-state index in [0.717, 1.165) is 31.4 Å². The number of rotatable bonds is 5. The molecule has 2 aliphatic rings. The molecule has 30 heavy (non-hydrogen) atoms. The van der Waals surface area contributed by atoms with Crippen molar-refractivity contribution in [3.63, 3.8) is 0 Å². The Morgan fingerprint density at radius 1 is 1.20 bits per heavy atom. The number of nitrogens with zero attached hydrogens (tertiary/aromatic N) is 3. The van der Waals surface area contributed by atoms with Crippen molar-refractivity contribution in [3.05, 3.63) is 29.8 Å². The average molecular weight is 428 g/mol. The Balaban J connectivity index is 1.64. The van der Waals surface area contributed by atoms with Gasteiger partial charge in [-0.15, -0.1) is 0 Å². The van der Waals surface area contributed by atoms with Crippen molar-refractivity contribution in [2.24, 2.45) is 4.99 Å². The summed E-state index contributed by atoms with van der Waals surface area (Å²) in [5.74, 6) is 0.823. The molecule has 9 heteroatoms. The Hall–Kier alpha value is -2.00. The van der Waals surface area contributed by atoms with Crippen LogP contribution in [0.5, 0.6) is 0 Å². The fourth-order valence-corrected chi connectivity index (χ4v) is 3.87. The molecule has 0 spiro atoms. The highest BCUT2D eigenvalue weighted by Crippen LogP contribution is 2.32. The van der Waals surface area contributed by atoms with Crippen LogP contribution in [0.15, 0.2) is 29.3 Å². The lowest BCUT2D eigenvalue weighted by molar-refractivity contribution is -0.137. The fourth-order valence-electron chi connectivity index (χ4n) is 3.87. The molecule has 0 radical (unpaired) electrons. The summed E-state index contributed by atoms with van der Waals surface area (Å²) in [6.45, 7) is 7.32. The number of anilines is 1. The van der Waals surface area contributed by atoms with Gasteiger partial charge in [0.1, 0.15) is 0 Å². The maximum absolute atomic E-state index is 13.0. The van der Waals surface area contributed by atoms with Crippen LogP contribution in [0.3, 0.4) is 0 Å². The molecule has 2 aliphatic heterocycles.